The molecule has 1 atom stereocenters. The molecule has 0 amide bonds. The van der Waals surface area contributed by atoms with Crippen molar-refractivity contribution in [3.8, 4) is 0 Å². The Balaban J connectivity index is 2.85. The van der Waals surface area contributed by atoms with E-state index in [-0.39, 0.29) is 4.90 Å². The summed E-state index contributed by atoms with van der Waals surface area (Å²) < 4.78 is 36.9. The van der Waals surface area contributed by atoms with Crippen LogP contribution in [0.5, 0.6) is 0 Å². The number of benzene rings is 1. The maximum atomic E-state index is 12.2. The summed E-state index contributed by atoms with van der Waals surface area (Å²) in [7, 11) is -0.625. The SMILES string of the molecule is CCc1ccc(S(=O)(=O)NC(C)C(OC)OC)cc1. The minimum atomic E-state index is -3.56. The summed E-state index contributed by atoms with van der Waals surface area (Å²) in [5, 5.41) is 0. The van der Waals surface area contributed by atoms with Gasteiger partial charge in [0, 0.05) is 14.2 Å². The number of methoxy groups -OCH3 is 2. The van der Waals surface area contributed by atoms with Crippen LogP contribution in [0, 0.1) is 0 Å². The molecule has 0 spiro atoms. The Morgan fingerprint density at radius 3 is 2.11 bits per heavy atom. The molecule has 5 nitrogen and oxygen atoms in total. The Morgan fingerprint density at radius 2 is 1.68 bits per heavy atom. The van der Waals surface area contributed by atoms with Gasteiger partial charge in [0.25, 0.3) is 0 Å². The summed E-state index contributed by atoms with van der Waals surface area (Å²) in [4.78, 5) is 0.238. The van der Waals surface area contributed by atoms with Crippen LogP contribution < -0.4 is 4.72 Å². The number of ether oxygens (including phenoxy) is 2. The van der Waals surface area contributed by atoms with E-state index in [4.69, 9.17) is 9.47 Å². The van der Waals surface area contributed by atoms with E-state index in [1.807, 2.05) is 19.1 Å². The van der Waals surface area contributed by atoms with Crippen LogP contribution in [-0.2, 0) is 25.9 Å². The van der Waals surface area contributed by atoms with E-state index in [0.29, 0.717) is 0 Å². The molecule has 0 aliphatic rings. The first-order valence-electron chi connectivity index (χ1n) is 6.11. The van der Waals surface area contributed by atoms with Crippen LogP contribution in [0.15, 0.2) is 29.2 Å². The van der Waals surface area contributed by atoms with Gasteiger partial charge >= 0.3 is 0 Å². The smallest absolute Gasteiger partial charge is 0.240 e. The highest BCUT2D eigenvalue weighted by Gasteiger charge is 2.23. The lowest BCUT2D eigenvalue weighted by Gasteiger charge is -2.22. The third-order valence-electron chi connectivity index (χ3n) is 2.86. The van der Waals surface area contributed by atoms with Crippen LogP contribution in [0.25, 0.3) is 0 Å². The van der Waals surface area contributed by atoms with Crippen molar-refractivity contribution in [1.82, 2.24) is 4.72 Å². The van der Waals surface area contributed by atoms with Gasteiger partial charge in [-0.15, -0.1) is 0 Å². The maximum Gasteiger partial charge on any atom is 0.240 e. The second kappa shape index (κ2) is 7.00. The average molecular weight is 287 g/mol. The van der Waals surface area contributed by atoms with Gasteiger partial charge in [0.2, 0.25) is 10.0 Å². The highest BCUT2D eigenvalue weighted by Crippen LogP contribution is 2.12. The number of rotatable bonds is 7. The van der Waals surface area contributed by atoms with E-state index in [1.54, 1.807) is 19.1 Å². The van der Waals surface area contributed by atoms with E-state index < -0.39 is 22.4 Å². The van der Waals surface area contributed by atoms with E-state index >= 15 is 0 Å². The first-order valence-corrected chi connectivity index (χ1v) is 7.59. The van der Waals surface area contributed by atoms with Gasteiger partial charge < -0.3 is 9.47 Å². The van der Waals surface area contributed by atoms with Gasteiger partial charge in [0.15, 0.2) is 6.29 Å². The topological polar surface area (TPSA) is 64.6 Å². The molecule has 0 aromatic heterocycles. The molecule has 0 fully saturated rings. The molecule has 0 aliphatic carbocycles. The Morgan fingerprint density at radius 1 is 1.16 bits per heavy atom. The largest absolute Gasteiger partial charge is 0.354 e. The summed E-state index contributed by atoms with van der Waals surface area (Å²) in [5.74, 6) is 0. The molecule has 0 bridgehead atoms. The molecule has 1 N–H and O–H groups in total. The lowest BCUT2D eigenvalue weighted by atomic mass is 10.2. The van der Waals surface area contributed by atoms with E-state index in [1.165, 1.54) is 14.2 Å². The molecule has 1 rings (SSSR count). The zero-order valence-electron chi connectivity index (χ0n) is 11.7. The molecular formula is C13H21NO4S. The van der Waals surface area contributed by atoms with Crippen molar-refractivity contribution in [1.29, 1.82) is 0 Å². The molecular weight excluding hydrogens is 266 g/mol. The summed E-state index contributed by atoms with van der Waals surface area (Å²) in [6.45, 7) is 3.71. The predicted octanol–water partition coefficient (Wildman–Crippen LogP) is 1.53. The predicted molar refractivity (Wildman–Crippen MR) is 73.4 cm³/mol. The fourth-order valence-electron chi connectivity index (χ4n) is 1.78. The van der Waals surface area contributed by atoms with Crippen molar-refractivity contribution in [2.24, 2.45) is 0 Å². The van der Waals surface area contributed by atoms with Gasteiger partial charge in [-0.2, -0.15) is 0 Å². The minimum Gasteiger partial charge on any atom is -0.354 e. The number of nitrogens with one attached hydrogen (secondary N) is 1. The number of hydrogen-bond donors (Lipinski definition) is 1. The van der Waals surface area contributed by atoms with Gasteiger partial charge in [0.05, 0.1) is 10.9 Å². The van der Waals surface area contributed by atoms with Crippen LogP contribution in [0.2, 0.25) is 0 Å². The van der Waals surface area contributed by atoms with Crippen molar-refractivity contribution < 1.29 is 17.9 Å². The third kappa shape index (κ3) is 4.28. The lowest BCUT2D eigenvalue weighted by molar-refractivity contribution is -0.115. The van der Waals surface area contributed by atoms with Crippen molar-refractivity contribution >= 4 is 10.0 Å². The number of sulfonamides is 1. The zero-order chi connectivity index (χ0) is 14.5. The second-order valence-electron chi connectivity index (χ2n) is 4.25. The Kier molecular flexibility index (Phi) is 5.93. The molecule has 0 radical (unpaired) electrons. The summed E-state index contributed by atoms with van der Waals surface area (Å²) in [6, 6.07) is 6.34. The van der Waals surface area contributed by atoms with Crippen LogP contribution in [-0.4, -0.2) is 35.0 Å². The summed E-state index contributed by atoms with van der Waals surface area (Å²) in [5.41, 5.74) is 1.10. The van der Waals surface area contributed by atoms with Gasteiger partial charge in [-0.1, -0.05) is 19.1 Å². The quantitative estimate of drug-likeness (QED) is 0.773. The van der Waals surface area contributed by atoms with Crippen molar-refractivity contribution in [2.45, 2.75) is 37.5 Å². The fourth-order valence-corrected chi connectivity index (χ4v) is 3.01. The highest BCUT2D eigenvalue weighted by molar-refractivity contribution is 7.89. The first kappa shape index (κ1) is 16.1. The van der Waals surface area contributed by atoms with Crippen molar-refractivity contribution in [3.05, 3.63) is 29.8 Å². The molecule has 1 aromatic rings. The van der Waals surface area contributed by atoms with E-state index in [2.05, 4.69) is 4.72 Å². The van der Waals surface area contributed by atoms with Crippen LogP contribution in [0.1, 0.15) is 19.4 Å². The van der Waals surface area contributed by atoms with Gasteiger partial charge in [-0.3, -0.25) is 0 Å². The Labute approximate surface area is 115 Å². The number of aryl methyl sites for hydroxylation is 1. The number of hydrogen-bond acceptors (Lipinski definition) is 4. The molecule has 0 aliphatic heterocycles. The third-order valence-corrected chi connectivity index (χ3v) is 4.43. The first-order chi connectivity index (χ1) is 8.94. The molecule has 19 heavy (non-hydrogen) atoms. The monoisotopic (exact) mass is 287 g/mol. The molecule has 6 heteroatoms. The second-order valence-corrected chi connectivity index (χ2v) is 5.96. The van der Waals surface area contributed by atoms with Crippen LogP contribution in [0.3, 0.4) is 0 Å². The molecule has 108 valence electrons. The normalized spacial score (nSPS) is 13.7. The van der Waals surface area contributed by atoms with Crippen molar-refractivity contribution in [3.63, 3.8) is 0 Å². The summed E-state index contributed by atoms with van der Waals surface area (Å²) >= 11 is 0. The standard InChI is InChI=1S/C13H21NO4S/c1-5-11-6-8-12(9-7-11)19(15,16)14-10(2)13(17-3)18-4/h6-10,13-14H,5H2,1-4H3. The minimum absolute atomic E-state index is 0.238. The fraction of sp³-hybridized carbons (Fsp3) is 0.538. The van der Waals surface area contributed by atoms with E-state index in [0.717, 1.165) is 12.0 Å². The highest BCUT2D eigenvalue weighted by atomic mass is 32.2. The average Bonchev–Trinajstić information content (AvgIpc) is 2.39. The Bertz CT molecular complexity index is 480. The van der Waals surface area contributed by atoms with Crippen LogP contribution in [0.4, 0.5) is 0 Å². The van der Waals surface area contributed by atoms with Crippen LogP contribution >= 0.6 is 0 Å². The Hall–Kier alpha value is -0.950. The van der Waals surface area contributed by atoms with Gasteiger partial charge in [-0.25, -0.2) is 13.1 Å². The summed E-state index contributed by atoms with van der Waals surface area (Å²) in [6.07, 6.45) is 0.254. The van der Waals surface area contributed by atoms with Gasteiger partial charge in [0.1, 0.15) is 0 Å². The molecule has 1 unspecified atom stereocenters. The zero-order valence-corrected chi connectivity index (χ0v) is 12.5. The molecule has 0 saturated carbocycles. The maximum absolute atomic E-state index is 12.2. The van der Waals surface area contributed by atoms with Crippen molar-refractivity contribution in [2.75, 3.05) is 14.2 Å². The molecule has 1 aromatic carbocycles. The van der Waals surface area contributed by atoms with Gasteiger partial charge in [-0.05, 0) is 31.0 Å². The lowest BCUT2D eigenvalue weighted by Crippen LogP contribution is -2.42. The van der Waals surface area contributed by atoms with E-state index in [9.17, 15) is 8.42 Å². The molecule has 0 saturated heterocycles. The molecule has 0 heterocycles.